The second-order valence-corrected chi connectivity index (χ2v) is 5.25. The molecule has 3 heteroatoms. The Morgan fingerprint density at radius 2 is 2.29 bits per heavy atom. The van der Waals surface area contributed by atoms with Gasteiger partial charge in [-0.1, -0.05) is 6.07 Å². The molecule has 0 aliphatic carbocycles. The molecule has 0 fully saturated rings. The van der Waals surface area contributed by atoms with E-state index in [2.05, 4.69) is 53.1 Å². The van der Waals surface area contributed by atoms with Gasteiger partial charge in [-0.15, -0.1) is 11.3 Å². The molecule has 2 rings (SSSR count). The van der Waals surface area contributed by atoms with Crippen LogP contribution in [0.2, 0.25) is 0 Å². The van der Waals surface area contributed by atoms with E-state index in [1.165, 1.54) is 19.2 Å². The third-order valence-electron chi connectivity index (χ3n) is 2.16. The molecule has 1 aromatic carbocycles. The highest BCUT2D eigenvalue weighted by molar-refractivity contribution is 14.1. The van der Waals surface area contributed by atoms with Crippen molar-refractivity contribution in [2.24, 2.45) is 0 Å². The molecule has 0 saturated heterocycles. The smallest absolute Gasteiger partial charge is 0.0669 e. The van der Waals surface area contributed by atoms with Gasteiger partial charge in [0, 0.05) is 19.0 Å². The van der Waals surface area contributed by atoms with Gasteiger partial charge in [-0.3, -0.25) is 0 Å². The number of fused-ring (bicyclic) bond motifs is 1. The van der Waals surface area contributed by atoms with E-state index in [-0.39, 0.29) is 0 Å². The van der Waals surface area contributed by atoms with Crippen LogP contribution in [0.15, 0.2) is 17.5 Å². The SMILES string of the molecule is Cc1cc(CC#N)cc2c(I)csc12. The average Bonchev–Trinajstić information content (AvgIpc) is 2.49. The van der Waals surface area contributed by atoms with Crippen molar-refractivity contribution in [1.29, 1.82) is 5.26 Å². The number of nitrogens with zero attached hydrogens (tertiary/aromatic N) is 1. The Hall–Kier alpha value is -0.600. The number of hydrogen-bond donors (Lipinski definition) is 0. The molecule has 0 saturated carbocycles. The summed E-state index contributed by atoms with van der Waals surface area (Å²) in [5, 5.41) is 12.1. The van der Waals surface area contributed by atoms with E-state index in [1.54, 1.807) is 11.3 Å². The normalized spacial score (nSPS) is 10.4. The summed E-state index contributed by atoms with van der Waals surface area (Å²) in [6, 6.07) is 6.43. The molecule has 2 aromatic rings. The highest BCUT2D eigenvalue weighted by Gasteiger charge is 2.05. The largest absolute Gasteiger partial charge is 0.198 e. The molecule has 14 heavy (non-hydrogen) atoms. The fraction of sp³-hybridized carbons (Fsp3) is 0.182. The molecule has 0 spiro atoms. The van der Waals surface area contributed by atoms with Gasteiger partial charge in [-0.2, -0.15) is 5.26 Å². The zero-order chi connectivity index (χ0) is 10.1. The lowest BCUT2D eigenvalue weighted by atomic mass is 10.1. The Morgan fingerprint density at radius 1 is 1.50 bits per heavy atom. The van der Waals surface area contributed by atoms with Crippen LogP contribution in [0.5, 0.6) is 0 Å². The van der Waals surface area contributed by atoms with Gasteiger partial charge >= 0.3 is 0 Å². The fourth-order valence-electron chi connectivity index (χ4n) is 1.55. The number of halogens is 1. The van der Waals surface area contributed by atoms with Crippen molar-refractivity contribution in [2.45, 2.75) is 13.3 Å². The van der Waals surface area contributed by atoms with Crippen molar-refractivity contribution < 1.29 is 0 Å². The van der Waals surface area contributed by atoms with Crippen molar-refractivity contribution in [3.63, 3.8) is 0 Å². The van der Waals surface area contributed by atoms with Crippen LogP contribution in [0.3, 0.4) is 0 Å². The molecule has 0 atom stereocenters. The van der Waals surface area contributed by atoms with Crippen LogP contribution < -0.4 is 0 Å². The summed E-state index contributed by atoms with van der Waals surface area (Å²) in [7, 11) is 0. The molecule has 1 aromatic heterocycles. The molecule has 1 nitrogen and oxygen atoms in total. The third-order valence-corrected chi connectivity index (χ3v) is 4.60. The minimum atomic E-state index is 0.503. The summed E-state index contributed by atoms with van der Waals surface area (Å²) in [5.74, 6) is 0. The molecule has 0 radical (unpaired) electrons. The third kappa shape index (κ3) is 1.64. The van der Waals surface area contributed by atoms with Crippen LogP contribution in [0.25, 0.3) is 10.1 Å². The highest BCUT2D eigenvalue weighted by Crippen LogP contribution is 2.31. The monoisotopic (exact) mass is 313 g/mol. The van der Waals surface area contributed by atoms with Gasteiger partial charge in [-0.25, -0.2) is 0 Å². The number of nitriles is 1. The van der Waals surface area contributed by atoms with Crippen LogP contribution >= 0.6 is 33.9 Å². The molecular weight excluding hydrogens is 305 g/mol. The topological polar surface area (TPSA) is 23.8 Å². The minimum Gasteiger partial charge on any atom is -0.198 e. The van der Waals surface area contributed by atoms with Gasteiger partial charge < -0.3 is 0 Å². The molecule has 1 heterocycles. The minimum absolute atomic E-state index is 0.503. The highest BCUT2D eigenvalue weighted by atomic mass is 127. The first-order valence-electron chi connectivity index (χ1n) is 4.25. The standard InChI is InChI=1S/C11H8INS/c1-7-4-8(2-3-13)5-9-10(12)6-14-11(7)9/h4-6H,2H2,1H3. The lowest BCUT2D eigenvalue weighted by Crippen LogP contribution is -1.83. The van der Waals surface area contributed by atoms with Gasteiger partial charge in [0.25, 0.3) is 0 Å². The van der Waals surface area contributed by atoms with Crippen LogP contribution in [0.1, 0.15) is 11.1 Å². The van der Waals surface area contributed by atoms with Gasteiger partial charge in [-0.05, 0) is 46.7 Å². The lowest BCUT2D eigenvalue weighted by Gasteiger charge is -2.00. The first kappa shape index (κ1) is 9.94. The maximum Gasteiger partial charge on any atom is 0.0669 e. The Bertz CT molecular complexity index is 522. The van der Waals surface area contributed by atoms with Gasteiger partial charge in [0.1, 0.15) is 0 Å². The molecule has 0 aliphatic rings. The van der Waals surface area contributed by atoms with Crippen LogP contribution in [-0.2, 0) is 6.42 Å². The quantitative estimate of drug-likeness (QED) is 0.733. The van der Waals surface area contributed by atoms with E-state index in [4.69, 9.17) is 5.26 Å². The summed E-state index contributed by atoms with van der Waals surface area (Å²) >= 11 is 4.12. The Labute approximate surface area is 101 Å². The van der Waals surface area contributed by atoms with E-state index in [1.807, 2.05) is 0 Å². The zero-order valence-electron chi connectivity index (χ0n) is 7.67. The van der Waals surface area contributed by atoms with E-state index < -0.39 is 0 Å². The molecule has 0 amide bonds. The van der Waals surface area contributed by atoms with E-state index >= 15 is 0 Å². The van der Waals surface area contributed by atoms with Crippen LogP contribution in [0.4, 0.5) is 0 Å². The first-order chi connectivity index (χ1) is 6.72. The second kappa shape index (κ2) is 3.87. The van der Waals surface area contributed by atoms with Gasteiger partial charge in [0.2, 0.25) is 0 Å². The summed E-state index contributed by atoms with van der Waals surface area (Å²) in [5.41, 5.74) is 2.40. The Kier molecular flexibility index (Phi) is 2.75. The fourth-order valence-corrected chi connectivity index (χ4v) is 3.43. The van der Waals surface area contributed by atoms with Crippen LogP contribution in [-0.4, -0.2) is 0 Å². The molecule has 0 unspecified atom stereocenters. The number of rotatable bonds is 1. The Morgan fingerprint density at radius 3 is 3.00 bits per heavy atom. The van der Waals surface area contributed by atoms with Crippen molar-refractivity contribution in [3.05, 3.63) is 32.2 Å². The first-order valence-corrected chi connectivity index (χ1v) is 6.21. The van der Waals surface area contributed by atoms with Crippen molar-refractivity contribution in [2.75, 3.05) is 0 Å². The van der Waals surface area contributed by atoms with E-state index in [0.29, 0.717) is 6.42 Å². The summed E-state index contributed by atoms with van der Waals surface area (Å²) < 4.78 is 2.63. The zero-order valence-corrected chi connectivity index (χ0v) is 10.6. The molecule has 0 aliphatic heterocycles. The number of thiophene rings is 1. The van der Waals surface area contributed by atoms with Gasteiger partial charge in [0.15, 0.2) is 0 Å². The molecule has 0 N–H and O–H groups in total. The molecule has 70 valence electrons. The lowest BCUT2D eigenvalue weighted by molar-refractivity contribution is 1.26. The van der Waals surface area contributed by atoms with Crippen LogP contribution in [0, 0.1) is 21.8 Å². The number of benzene rings is 1. The predicted molar refractivity (Wildman–Crippen MR) is 68.6 cm³/mol. The van der Waals surface area contributed by atoms with Crippen molar-refractivity contribution in [3.8, 4) is 6.07 Å². The van der Waals surface area contributed by atoms with E-state index in [0.717, 1.165) is 5.56 Å². The summed E-state index contributed by atoms with van der Waals surface area (Å²) in [4.78, 5) is 0. The van der Waals surface area contributed by atoms with Gasteiger partial charge in [0.05, 0.1) is 12.5 Å². The Balaban J connectivity index is 2.70. The predicted octanol–water partition coefficient (Wildman–Crippen LogP) is 3.88. The maximum absolute atomic E-state index is 8.65. The molecule has 0 bridgehead atoms. The number of hydrogen-bond acceptors (Lipinski definition) is 2. The number of aryl methyl sites for hydroxylation is 1. The summed E-state index contributed by atoms with van der Waals surface area (Å²) in [6.45, 7) is 2.11. The molecular formula is C11H8INS. The maximum atomic E-state index is 8.65. The second-order valence-electron chi connectivity index (χ2n) is 3.21. The summed E-state index contributed by atoms with van der Waals surface area (Å²) in [6.07, 6.45) is 0.503. The van der Waals surface area contributed by atoms with Crippen molar-refractivity contribution in [1.82, 2.24) is 0 Å². The van der Waals surface area contributed by atoms with Crippen molar-refractivity contribution >= 4 is 44.0 Å². The average molecular weight is 313 g/mol. The van der Waals surface area contributed by atoms with E-state index in [9.17, 15) is 0 Å².